The van der Waals surface area contributed by atoms with Gasteiger partial charge in [-0.1, -0.05) is 93.1 Å². The number of esters is 1. The van der Waals surface area contributed by atoms with E-state index in [9.17, 15) is 24.3 Å². The van der Waals surface area contributed by atoms with E-state index in [1.165, 1.54) is 0 Å². The van der Waals surface area contributed by atoms with E-state index in [0.29, 0.717) is 32.2 Å². The first-order valence-electron chi connectivity index (χ1n) is 17.4. The van der Waals surface area contributed by atoms with Gasteiger partial charge in [0, 0.05) is 19.5 Å². The third kappa shape index (κ3) is 7.21. The summed E-state index contributed by atoms with van der Waals surface area (Å²) in [7, 11) is 0. The summed E-state index contributed by atoms with van der Waals surface area (Å²) < 4.78 is 12.2. The highest BCUT2D eigenvalue weighted by Crippen LogP contribution is 2.59. The van der Waals surface area contributed by atoms with Gasteiger partial charge in [-0.2, -0.15) is 0 Å². The molecule has 3 aliphatic heterocycles. The summed E-state index contributed by atoms with van der Waals surface area (Å²) in [5.41, 5.74) is 0.433. The number of nitrogens with zero attached hydrogens (tertiary/aromatic N) is 2. The van der Waals surface area contributed by atoms with E-state index in [2.05, 4.69) is 18.5 Å². The molecule has 1 spiro atoms. The molecule has 10 heteroatoms. The molecule has 3 amide bonds. The summed E-state index contributed by atoms with van der Waals surface area (Å²) in [6.45, 7) is 11.6. The van der Waals surface area contributed by atoms with Crippen molar-refractivity contribution < 1.29 is 33.8 Å². The second-order valence-corrected chi connectivity index (χ2v) is 13.4. The zero-order valence-corrected chi connectivity index (χ0v) is 28.5. The number of aliphatic hydroxyl groups excluding tert-OH is 1. The molecule has 0 unspecified atom stereocenters. The maximum Gasteiger partial charge on any atom is 0.306 e. The third-order valence-electron chi connectivity index (χ3n) is 10.5. The third-order valence-corrected chi connectivity index (χ3v) is 10.5. The first-order chi connectivity index (χ1) is 23.7. The minimum atomic E-state index is -1.24. The van der Waals surface area contributed by atoms with Crippen LogP contribution in [0.2, 0.25) is 0 Å². The van der Waals surface area contributed by atoms with Gasteiger partial charge in [0.05, 0.1) is 36.6 Å². The lowest BCUT2D eigenvalue weighted by Gasteiger charge is -2.41. The molecule has 3 heterocycles. The molecule has 0 radical (unpaired) electrons. The summed E-state index contributed by atoms with van der Waals surface area (Å²) in [4.78, 5) is 59.4. The molecule has 262 valence electrons. The number of allylic oxidation sites excluding steroid dienone is 1. The van der Waals surface area contributed by atoms with Gasteiger partial charge in [-0.25, -0.2) is 0 Å². The van der Waals surface area contributed by atoms with Crippen molar-refractivity contribution in [1.82, 2.24) is 15.1 Å². The molecule has 2 aromatic carbocycles. The molecular weight excluding hydrogens is 622 g/mol. The minimum absolute atomic E-state index is 0.0857. The molecule has 3 fully saturated rings. The highest BCUT2D eigenvalue weighted by molar-refractivity contribution is 5.99. The van der Waals surface area contributed by atoms with Crippen molar-refractivity contribution in [2.75, 3.05) is 19.8 Å². The highest BCUT2D eigenvalue weighted by Gasteiger charge is 2.75. The zero-order chi connectivity index (χ0) is 35.1. The predicted octanol–water partition coefficient (Wildman–Crippen LogP) is 4.35. The number of amides is 3. The molecule has 2 aromatic rings. The highest BCUT2D eigenvalue weighted by atomic mass is 16.5. The zero-order valence-electron chi connectivity index (χ0n) is 28.5. The molecule has 0 aromatic heterocycles. The Balaban J connectivity index is 1.48. The van der Waals surface area contributed by atoms with Gasteiger partial charge in [0.15, 0.2) is 0 Å². The Morgan fingerprint density at radius 2 is 1.82 bits per heavy atom. The lowest BCUT2D eigenvalue weighted by atomic mass is 9.70. The van der Waals surface area contributed by atoms with Crippen molar-refractivity contribution in [3.05, 3.63) is 97.1 Å². The molecule has 8 atom stereocenters. The predicted molar refractivity (Wildman–Crippen MR) is 185 cm³/mol. The normalized spacial score (nSPS) is 25.6. The Morgan fingerprint density at radius 1 is 1.12 bits per heavy atom. The second kappa shape index (κ2) is 16.0. The lowest BCUT2D eigenvalue weighted by molar-refractivity contribution is -0.153. The molecule has 3 saturated heterocycles. The second-order valence-electron chi connectivity index (χ2n) is 13.4. The number of hydrogen-bond donors (Lipinski definition) is 2. The number of ether oxygens (including phenoxy) is 2. The first kappa shape index (κ1) is 36.0. The van der Waals surface area contributed by atoms with Crippen molar-refractivity contribution in [2.24, 2.45) is 17.8 Å². The summed E-state index contributed by atoms with van der Waals surface area (Å²) in [5, 5.41) is 13.8. The number of nitrogens with one attached hydrogen (secondary N) is 1. The lowest BCUT2D eigenvalue weighted by Crippen LogP contribution is -2.59. The van der Waals surface area contributed by atoms with Crippen LogP contribution in [0.25, 0.3) is 0 Å². The van der Waals surface area contributed by atoms with Crippen LogP contribution in [0, 0.1) is 17.8 Å². The largest absolute Gasteiger partial charge is 0.463 e. The molecule has 0 saturated carbocycles. The summed E-state index contributed by atoms with van der Waals surface area (Å²) in [6.07, 6.45) is 4.99. The fourth-order valence-electron chi connectivity index (χ4n) is 7.85. The van der Waals surface area contributed by atoms with Gasteiger partial charge in [0.2, 0.25) is 17.7 Å². The number of hydrogen-bond acceptors (Lipinski definition) is 7. The Hall–Kier alpha value is -4.28. The smallest absolute Gasteiger partial charge is 0.306 e. The van der Waals surface area contributed by atoms with Gasteiger partial charge in [-0.15, -0.1) is 13.2 Å². The number of rotatable bonds is 17. The average molecular weight is 672 g/mol. The summed E-state index contributed by atoms with van der Waals surface area (Å²) in [5.74, 6) is -3.37. The number of aliphatic hydroxyl groups is 1. The Labute approximate surface area is 289 Å². The van der Waals surface area contributed by atoms with E-state index in [1.807, 2.05) is 74.5 Å². The van der Waals surface area contributed by atoms with Gasteiger partial charge in [-0.3, -0.25) is 19.2 Å². The SMILES string of the molecule is C=CCCC(=O)OC[C@H](NC(=O)[C@@H]1[C@@H]2CC[C@]3(O2)[C@H](C(=O)N(CC=C)Cc2ccccc2)N([C@@H](CO)[C@@H](C)CC)C(=O)[C@@H]13)c1ccccc1. The van der Waals surface area contributed by atoms with E-state index in [-0.39, 0.29) is 43.9 Å². The fourth-order valence-corrected chi connectivity index (χ4v) is 7.85. The van der Waals surface area contributed by atoms with Crippen LogP contribution in [-0.4, -0.2) is 82.1 Å². The number of benzene rings is 2. The van der Waals surface area contributed by atoms with Crippen LogP contribution in [0.3, 0.4) is 0 Å². The molecule has 49 heavy (non-hydrogen) atoms. The van der Waals surface area contributed by atoms with E-state index in [0.717, 1.165) is 11.1 Å². The van der Waals surface area contributed by atoms with Crippen LogP contribution < -0.4 is 5.32 Å². The standard InChI is InChI=1S/C39H49N3O7/c1-5-8-19-32(44)48-25-29(28-17-13-10-14-18-28)40-36(45)33-31-20-21-39(49-31)34(33)37(46)42(30(24-43)26(4)7-3)35(39)38(47)41(22-6-2)23-27-15-11-9-12-16-27/h5-6,9-18,26,29-31,33-35,43H,1-2,7-8,19-25H2,3-4H3,(H,40,45)/t26-,29-,30-,31-,33+,34+,35-,39+/m0/s1. The van der Waals surface area contributed by atoms with Crippen molar-refractivity contribution in [1.29, 1.82) is 0 Å². The topological polar surface area (TPSA) is 125 Å². The van der Waals surface area contributed by atoms with Crippen LogP contribution in [0.5, 0.6) is 0 Å². The van der Waals surface area contributed by atoms with E-state index in [1.54, 1.807) is 22.0 Å². The van der Waals surface area contributed by atoms with Crippen molar-refractivity contribution in [3.63, 3.8) is 0 Å². The van der Waals surface area contributed by atoms with E-state index in [4.69, 9.17) is 9.47 Å². The monoisotopic (exact) mass is 671 g/mol. The van der Waals surface area contributed by atoms with Crippen molar-refractivity contribution >= 4 is 23.7 Å². The molecule has 2 N–H and O–H groups in total. The van der Waals surface area contributed by atoms with Gasteiger partial charge in [-0.05, 0) is 36.3 Å². The van der Waals surface area contributed by atoms with Gasteiger partial charge in [0.1, 0.15) is 18.2 Å². The minimum Gasteiger partial charge on any atom is -0.463 e. The number of carbonyl (C=O) groups is 4. The Bertz CT molecular complexity index is 1500. The number of carbonyl (C=O) groups excluding carboxylic acids is 4. The van der Waals surface area contributed by atoms with Crippen LogP contribution in [0.15, 0.2) is 86.0 Å². The van der Waals surface area contributed by atoms with E-state index < -0.39 is 53.5 Å². The van der Waals surface area contributed by atoms with E-state index >= 15 is 0 Å². The molecule has 0 aliphatic carbocycles. The number of fused-ring (bicyclic) bond motifs is 1. The van der Waals surface area contributed by atoms with Crippen LogP contribution >= 0.6 is 0 Å². The Morgan fingerprint density at radius 3 is 2.45 bits per heavy atom. The maximum absolute atomic E-state index is 14.8. The van der Waals surface area contributed by atoms with Crippen molar-refractivity contribution in [2.45, 2.75) is 82.3 Å². The average Bonchev–Trinajstić information content (AvgIpc) is 3.77. The van der Waals surface area contributed by atoms with Crippen LogP contribution in [0.1, 0.15) is 63.1 Å². The molecule has 3 aliphatic rings. The molecule has 10 nitrogen and oxygen atoms in total. The quantitative estimate of drug-likeness (QED) is 0.189. The molecular formula is C39H49N3O7. The molecule has 2 bridgehead atoms. The van der Waals surface area contributed by atoms with Gasteiger partial charge in [0.25, 0.3) is 0 Å². The number of likely N-dealkylation sites (tertiary alicyclic amines) is 1. The fraction of sp³-hybridized carbons (Fsp3) is 0.487. The first-order valence-corrected chi connectivity index (χ1v) is 17.4. The summed E-state index contributed by atoms with van der Waals surface area (Å²) in [6, 6.07) is 16.5. The van der Waals surface area contributed by atoms with Crippen LogP contribution in [0.4, 0.5) is 0 Å². The van der Waals surface area contributed by atoms with Crippen LogP contribution in [-0.2, 0) is 35.2 Å². The Kier molecular flexibility index (Phi) is 11.7. The van der Waals surface area contributed by atoms with Gasteiger partial charge < -0.3 is 29.7 Å². The summed E-state index contributed by atoms with van der Waals surface area (Å²) >= 11 is 0. The van der Waals surface area contributed by atoms with Crippen molar-refractivity contribution in [3.8, 4) is 0 Å². The van der Waals surface area contributed by atoms with Gasteiger partial charge >= 0.3 is 5.97 Å². The molecule has 5 rings (SSSR count). The maximum atomic E-state index is 14.8.